The molecule has 2 aromatic rings. The third-order valence-electron chi connectivity index (χ3n) is 4.14. The van der Waals surface area contributed by atoms with E-state index < -0.39 is 0 Å². The van der Waals surface area contributed by atoms with Gasteiger partial charge < -0.3 is 0 Å². The van der Waals surface area contributed by atoms with E-state index in [1.165, 1.54) is 5.56 Å². The van der Waals surface area contributed by atoms with E-state index in [0.29, 0.717) is 5.69 Å². The van der Waals surface area contributed by atoms with Gasteiger partial charge in [0.2, 0.25) is 0 Å². The number of pyridine rings is 1. The van der Waals surface area contributed by atoms with Gasteiger partial charge in [0.1, 0.15) is 5.82 Å². The molecule has 0 bridgehead atoms. The monoisotopic (exact) mass is 287 g/mol. The van der Waals surface area contributed by atoms with Gasteiger partial charge in [-0.2, -0.15) is 0 Å². The number of hydrogen-bond acceptors (Lipinski definition) is 1. The first-order valence-corrected chi connectivity index (χ1v) is 7.76. The van der Waals surface area contributed by atoms with Gasteiger partial charge in [0.25, 0.3) is 0 Å². The maximum Gasteiger partial charge on any atom is 0.145 e. The lowest BCUT2D eigenvalue weighted by Gasteiger charge is -2.25. The average molecular weight is 287 g/mol. The van der Waals surface area contributed by atoms with Gasteiger partial charge in [0.05, 0.1) is 11.2 Å². The van der Waals surface area contributed by atoms with Crippen LogP contribution in [0.2, 0.25) is 0 Å². The molecule has 21 heavy (non-hydrogen) atoms. The van der Waals surface area contributed by atoms with Crippen LogP contribution < -0.4 is 0 Å². The third kappa shape index (κ3) is 3.25. The van der Waals surface area contributed by atoms with Crippen LogP contribution in [0.15, 0.2) is 24.3 Å². The highest BCUT2D eigenvalue weighted by Crippen LogP contribution is 2.32. The second-order valence-electron chi connectivity index (χ2n) is 7.61. The second kappa shape index (κ2) is 5.40. The molecule has 1 heterocycles. The molecule has 1 nitrogen and oxygen atoms in total. The van der Waals surface area contributed by atoms with Gasteiger partial charge in [-0.1, -0.05) is 60.1 Å². The quantitative estimate of drug-likeness (QED) is 0.700. The summed E-state index contributed by atoms with van der Waals surface area (Å²) in [7, 11) is 0. The molecule has 2 rings (SSSR count). The van der Waals surface area contributed by atoms with Gasteiger partial charge in [-0.05, 0) is 29.5 Å². The summed E-state index contributed by atoms with van der Waals surface area (Å²) in [6.45, 7) is 12.7. The first-order valence-electron chi connectivity index (χ1n) is 7.76. The summed E-state index contributed by atoms with van der Waals surface area (Å²) in [5.41, 5.74) is 2.55. The molecule has 0 radical (unpaired) electrons. The minimum absolute atomic E-state index is 0.126. The van der Waals surface area contributed by atoms with Crippen molar-refractivity contribution in [2.75, 3.05) is 0 Å². The van der Waals surface area contributed by atoms with E-state index in [9.17, 15) is 4.39 Å². The van der Waals surface area contributed by atoms with Crippen LogP contribution in [0.4, 0.5) is 4.39 Å². The van der Waals surface area contributed by atoms with E-state index >= 15 is 0 Å². The third-order valence-corrected chi connectivity index (χ3v) is 4.14. The van der Waals surface area contributed by atoms with Crippen molar-refractivity contribution in [2.24, 2.45) is 0 Å². The van der Waals surface area contributed by atoms with Crippen molar-refractivity contribution in [3.8, 4) is 0 Å². The maximum absolute atomic E-state index is 14.2. The van der Waals surface area contributed by atoms with Crippen molar-refractivity contribution >= 4 is 10.9 Å². The molecular weight excluding hydrogens is 261 g/mol. The van der Waals surface area contributed by atoms with Crippen molar-refractivity contribution in [3.05, 3.63) is 41.3 Å². The summed E-state index contributed by atoms with van der Waals surface area (Å²) in [5.74, 6) is -0.212. The predicted octanol–water partition coefficient (Wildman–Crippen LogP) is 5.75. The molecule has 0 unspecified atom stereocenters. The molecule has 2 heteroatoms. The second-order valence-corrected chi connectivity index (χ2v) is 7.61. The Bertz CT molecular complexity index is 650. The number of nitrogens with zero attached hydrogens (tertiary/aromatic N) is 1. The van der Waals surface area contributed by atoms with Crippen LogP contribution in [-0.2, 0) is 10.8 Å². The Morgan fingerprint density at radius 1 is 1.05 bits per heavy atom. The highest BCUT2D eigenvalue weighted by Gasteiger charge is 2.23. The van der Waals surface area contributed by atoms with Gasteiger partial charge in [0, 0.05) is 10.8 Å². The summed E-state index contributed by atoms with van der Waals surface area (Å²) in [6, 6.07) is 7.83. The van der Waals surface area contributed by atoms with Crippen LogP contribution in [0.1, 0.15) is 65.6 Å². The number of benzene rings is 1. The van der Waals surface area contributed by atoms with E-state index in [4.69, 9.17) is 0 Å². The molecule has 114 valence electrons. The SMILES string of the molecule is CCCC(C)(C)c1ccc2cc(F)c(C(C)(C)C)nc2c1. The minimum Gasteiger partial charge on any atom is -0.249 e. The predicted molar refractivity (Wildman–Crippen MR) is 88.3 cm³/mol. The maximum atomic E-state index is 14.2. The van der Waals surface area contributed by atoms with E-state index in [1.54, 1.807) is 6.07 Å². The number of rotatable bonds is 3. The Labute approximate surface area is 127 Å². The van der Waals surface area contributed by atoms with E-state index in [1.807, 2.05) is 26.8 Å². The Morgan fingerprint density at radius 2 is 1.71 bits per heavy atom. The van der Waals surface area contributed by atoms with Gasteiger partial charge in [-0.3, -0.25) is 0 Å². The van der Waals surface area contributed by atoms with Crippen LogP contribution in [-0.4, -0.2) is 4.98 Å². The molecule has 0 aliphatic rings. The van der Waals surface area contributed by atoms with Crippen LogP contribution in [0.3, 0.4) is 0 Å². The summed E-state index contributed by atoms with van der Waals surface area (Å²) in [5, 5.41) is 0.872. The first-order chi connectivity index (χ1) is 9.65. The van der Waals surface area contributed by atoms with E-state index in [-0.39, 0.29) is 16.6 Å². The molecule has 0 aliphatic carbocycles. The lowest BCUT2D eigenvalue weighted by atomic mass is 9.80. The number of fused-ring (bicyclic) bond motifs is 1. The topological polar surface area (TPSA) is 12.9 Å². The van der Waals surface area contributed by atoms with Gasteiger partial charge in [-0.25, -0.2) is 9.37 Å². The fourth-order valence-electron chi connectivity index (χ4n) is 2.86. The molecule has 0 fully saturated rings. The number of halogens is 1. The Balaban J connectivity index is 2.59. The van der Waals surface area contributed by atoms with Crippen molar-refractivity contribution in [1.82, 2.24) is 4.98 Å². The fourth-order valence-corrected chi connectivity index (χ4v) is 2.86. The van der Waals surface area contributed by atoms with Crippen molar-refractivity contribution in [1.29, 1.82) is 0 Å². The Hall–Kier alpha value is -1.44. The molecule has 0 spiro atoms. The lowest BCUT2D eigenvalue weighted by Crippen LogP contribution is -2.18. The fraction of sp³-hybridized carbons (Fsp3) is 0.526. The standard InChI is InChI=1S/C19H26FN/c1-7-10-19(5,6)14-9-8-13-11-15(20)17(18(2,3)4)21-16(13)12-14/h8-9,11-12H,7,10H2,1-6H3. The number of aromatic nitrogens is 1. The van der Waals surface area contributed by atoms with Crippen molar-refractivity contribution < 1.29 is 4.39 Å². The van der Waals surface area contributed by atoms with Gasteiger partial charge >= 0.3 is 0 Å². The van der Waals surface area contributed by atoms with Gasteiger partial charge in [0.15, 0.2) is 0 Å². The van der Waals surface area contributed by atoms with Crippen molar-refractivity contribution in [2.45, 2.75) is 65.2 Å². The highest BCUT2D eigenvalue weighted by molar-refractivity contribution is 5.80. The van der Waals surface area contributed by atoms with E-state index in [2.05, 4.69) is 37.9 Å². The number of hydrogen-bond donors (Lipinski definition) is 0. The normalized spacial score (nSPS) is 12.9. The highest BCUT2D eigenvalue weighted by atomic mass is 19.1. The average Bonchev–Trinajstić information content (AvgIpc) is 2.36. The molecule has 1 aromatic heterocycles. The minimum atomic E-state index is -0.285. The Morgan fingerprint density at radius 3 is 2.29 bits per heavy atom. The van der Waals surface area contributed by atoms with Crippen molar-refractivity contribution in [3.63, 3.8) is 0 Å². The summed E-state index contributed by atoms with van der Waals surface area (Å²) >= 11 is 0. The molecule has 1 aromatic carbocycles. The molecule has 0 saturated heterocycles. The molecule has 0 atom stereocenters. The molecule has 0 aliphatic heterocycles. The Kier molecular flexibility index (Phi) is 4.10. The summed E-state index contributed by atoms with van der Waals surface area (Å²) < 4.78 is 14.2. The molecular formula is C19H26FN. The lowest BCUT2D eigenvalue weighted by molar-refractivity contribution is 0.473. The summed E-state index contributed by atoms with van der Waals surface area (Å²) in [4.78, 5) is 4.61. The largest absolute Gasteiger partial charge is 0.249 e. The van der Waals surface area contributed by atoms with Crippen LogP contribution in [0.5, 0.6) is 0 Å². The first kappa shape index (κ1) is 15.9. The summed E-state index contributed by atoms with van der Waals surface area (Å²) in [6.07, 6.45) is 2.28. The zero-order valence-corrected chi connectivity index (χ0v) is 14.0. The van der Waals surface area contributed by atoms with Crippen LogP contribution >= 0.6 is 0 Å². The molecule has 0 amide bonds. The van der Waals surface area contributed by atoms with Crippen LogP contribution in [0.25, 0.3) is 10.9 Å². The smallest absolute Gasteiger partial charge is 0.145 e. The zero-order chi connectivity index (χ0) is 15.8. The van der Waals surface area contributed by atoms with Gasteiger partial charge in [-0.15, -0.1) is 0 Å². The molecule has 0 N–H and O–H groups in total. The zero-order valence-electron chi connectivity index (χ0n) is 14.0. The van der Waals surface area contributed by atoms with E-state index in [0.717, 1.165) is 23.7 Å². The van der Waals surface area contributed by atoms with Crippen LogP contribution in [0, 0.1) is 5.82 Å². The molecule has 0 saturated carbocycles.